The Balaban J connectivity index is 1.14. The van der Waals surface area contributed by atoms with Crippen LogP contribution in [0.3, 0.4) is 0 Å². The molecule has 1 spiro atoms. The van der Waals surface area contributed by atoms with Crippen LogP contribution in [-0.4, -0.2) is 47.4 Å². The van der Waals surface area contributed by atoms with Gasteiger partial charge in [-0.15, -0.1) is 11.3 Å². The third-order valence-corrected chi connectivity index (χ3v) is 7.39. The summed E-state index contributed by atoms with van der Waals surface area (Å²) >= 11 is 1.58. The van der Waals surface area contributed by atoms with Crippen LogP contribution >= 0.6 is 11.3 Å². The molecule has 28 heavy (non-hydrogen) atoms. The first kappa shape index (κ1) is 18.1. The van der Waals surface area contributed by atoms with Crippen LogP contribution in [-0.2, 0) is 24.3 Å². The molecular weight excluding hydrogens is 370 g/mol. The summed E-state index contributed by atoms with van der Waals surface area (Å²) in [6, 6.07) is 6.63. The first-order valence-electron chi connectivity index (χ1n) is 10.2. The molecule has 3 aliphatic rings. The molecule has 1 aromatic heterocycles. The predicted octanol–water partition coefficient (Wildman–Crippen LogP) is 3.34. The summed E-state index contributed by atoms with van der Waals surface area (Å²) in [6.07, 6.45) is 4.38. The Morgan fingerprint density at radius 2 is 2.25 bits per heavy atom. The van der Waals surface area contributed by atoms with E-state index in [1.165, 1.54) is 11.1 Å². The largest absolute Gasteiger partial charge is 0.493 e. The lowest BCUT2D eigenvalue weighted by Crippen LogP contribution is -2.37. The van der Waals surface area contributed by atoms with Crippen LogP contribution in [0.15, 0.2) is 29.1 Å². The highest BCUT2D eigenvalue weighted by Crippen LogP contribution is 2.60. The zero-order chi connectivity index (χ0) is 19.1. The van der Waals surface area contributed by atoms with Crippen molar-refractivity contribution in [2.45, 2.75) is 38.8 Å². The first-order valence-corrected chi connectivity index (χ1v) is 11.2. The lowest BCUT2D eigenvalue weighted by molar-refractivity contribution is -0.133. The van der Waals surface area contributed by atoms with E-state index in [4.69, 9.17) is 4.74 Å². The second kappa shape index (κ2) is 7.16. The lowest BCUT2D eigenvalue weighted by atomic mass is 9.90. The number of hydrogen-bond donors (Lipinski definition) is 0. The number of piperidine rings is 1. The predicted molar refractivity (Wildman–Crippen MR) is 109 cm³/mol. The molecule has 1 unspecified atom stereocenters. The van der Waals surface area contributed by atoms with Gasteiger partial charge in [0, 0.05) is 31.3 Å². The minimum Gasteiger partial charge on any atom is -0.493 e. The fourth-order valence-corrected chi connectivity index (χ4v) is 5.45. The van der Waals surface area contributed by atoms with Crippen molar-refractivity contribution in [2.75, 3.05) is 26.7 Å². The highest BCUT2D eigenvalue weighted by atomic mass is 32.1. The fraction of sp³-hybridized carbons (Fsp3) is 0.545. The Labute approximate surface area is 170 Å². The third kappa shape index (κ3) is 3.44. The van der Waals surface area contributed by atoms with E-state index in [1.54, 1.807) is 11.3 Å². The first-order chi connectivity index (χ1) is 13.6. The third-order valence-electron chi connectivity index (χ3n) is 6.76. The number of rotatable bonds is 5. The van der Waals surface area contributed by atoms with Crippen molar-refractivity contribution in [2.24, 2.45) is 11.3 Å². The molecule has 0 radical (unpaired) electrons. The van der Waals surface area contributed by atoms with Crippen LogP contribution in [0.5, 0.6) is 5.75 Å². The maximum atomic E-state index is 12.9. The van der Waals surface area contributed by atoms with E-state index in [0.29, 0.717) is 12.5 Å². The molecule has 1 atom stereocenters. The molecule has 3 heterocycles. The van der Waals surface area contributed by atoms with E-state index in [0.717, 1.165) is 63.4 Å². The number of aromatic nitrogens is 1. The van der Waals surface area contributed by atoms with Gasteiger partial charge in [-0.3, -0.25) is 9.69 Å². The van der Waals surface area contributed by atoms with Gasteiger partial charge in [-0.25, -0.2) is 4.98 Å². The maximum absolute atomic E-state index is 12.9. The van der Waals surface area contributed by atoms with Gasteiger partial charge in [0.2, 0.25) is 5.91 Å². The second-order valence-corrected chi connectivity index (χ2v) is 9.33. The van der Waals surface area contributed by atoms with Crippen LogP contribution in [0.1, 0.15) is 36.1 Å². The van der Waals surface area contributed by atoms with Crippen LogP contribution in [0.25, 0.3) is 0 Å². The molecule has 0 N–H and O–H groups in total. The van der Waals surface area contributed by atoms with E-state index in [9.17, 15) is 4.79 Å². The van der Waals surface area contributed by atoms with E-state index < -0.39 is 0 Å². The fourth-order valence-electron chi connectivity index (χ4n) is 4.90. The molecule has 1 saturated carbocycles. The Hall–Kier alpha value is -1.92. The topological polar surface area (TPSA) is 45.7 Å². The molecular formula is C22H27N3O2S. The van der Waals surface area contributed by atoms with Gasteiger partial charge in [-0.05, 0) is 55.0 Å². The summed E-state index contributed by atoms with van der Waals surface area (Å²) in [4.78, 5) is 21.6. The number of thiazole rings is 1. The molecule has 1 aliphatic carbocycles. The molecule has 6 heteroatoms. The number of carbonyl (C=O) groups excluding carboxylic acids is 1. The van der Waals surface area contributed by atoms with E-state index in [1.807, 2.05) is 22.8 Å². The Morgan fingerprint density at radius 3 is 3.04 bits per heavy atom. The zero-order valence-corrected chi connectivity index (χ0v) is 17.2. The van der Waals surface area contributed by atoms with E-state index in [2.05, 4.69) is 28.1 Å². The SMILES string of the molecule is CN(Cc1cscn1)C(=O)C1CC12CCN(Cc1ccc3c(c1)CCO3)CC2. The summed E-state index contributed by atoms with van der Waals surface area (Å²) in [5.74, 6) is 1.58. The van der Waals surface area contributed by atoms with Crippen molar-refractivity contribution in [1.29, 1.82) is 0 Å². The number of amides is 1. The second-order valence-electron chi connectivity index (χ2n) is 8.61. The molecule has 5 nitrogen and oxygen atoms in total. The van der Waals surface area contributed by atoms with Gasteiger partial charge in [0.25, 0.3) is 0 Å². The van der Waals surface area contributed by atoms with Crippen molar-refractivity contribution in [3.63, 3.8) is 0 Å². The molecule has 1 aromatic carbocycles. The van der Waals surface area contributed by atoms with Crippen molar-refractivity contribution >= 4 is 17.2 Å². The van der Waals surface area contributed by atoms with Gasteiger partial charge < -0.3 is 9.64 Å². The number of nitrogens with zero attached hydrogens (tertiary/aromatic N) is 3. The highest BCUT2D eigenvalue weighted by molar-refractivity contribution is 7.07. The van der Waals surface area contributed by atoms with E-state index >= 15 is 0 Å². The monoisotopic (exact) mass is 397 g/mol. The summed E-state index contributed by atoms with van der Waals surface area (Å²) < 4.78 is 5.61. The quantitative estimate of drug-likeness (QED) is 0.776. The van der Waals surface area contributed by atoms with Crippen molar-refractivity contribution in [3.8, 4) is 5.75 Å². The standard InChI is InChI=1S/C22H27N3O2S/c1-24(13-18-14-28-15-23-18)21(26)19-11-22(19)5-7-25(8-6-22)12-16-2-3-20-17(10-16)4-9-27-20/h2-3,10,14-15,19H,4-9,11-13H2,1H3. The van der Waals surface area contributed by atoms with Crippen LogP contribution < -0.4 is 4.74 Å². The number of ether oxygens (including phenoxy) is 1. The molecule has 2 fully saturated rings. The van der Waals surface area contributed by atoms with Crippen LogP contribution in [0, 0.1) is 11.3 Å². The molecule has 2 aliphatic heterocycles. The molecule has 1 amide bonds. The highest BCUT2D eigenvalue weighted by Gasteiger charge is 2.58. The Kier molecular flexibility index (Phi) is 4.63. The maximum Gasteiger partial charge on any atom is 0.226 e. The van der Waals surface area contributed by atoms with Gasteiger partial charge in [0.1, 0.15) is 5.75 Å². The lowest BCUT2D eigenvalue weighted by Gasteiger charge is -2.33. The summed E-state index contributed by atoms with van der Waals surface area (Å²) in [7, 11) is 1.92. The summed E-state index contributed by atoms with van der Waals surface area (Å²) in [5, 5.41) is 2.02. The van der Waals surface area contributed by atoms with Gasteiger partial charge in [-0.2, -0.15) is 0 Å². The number of hydrogen-bond acceptors (Lipinski definition) is 5. The zero-order valence-electron chi connectivity index (χ0n) is 16.4. The number of fused-ring (bicyclic) bond motifs is 1. The smallest absolute Gasteiger partial charge is 0.226 e. The van der Waals surface area contributed by atoms with Gasteiger partial charge in [0.15, 0.2) is 0 Å². The van der Waals surface area contributed by atoms with Gasteiger partial charge in [0.05, 0.1) is 24.4 Å². The number of likely N-dealkylation sites (tertiary alicyclic amines) is 1. The Morgan fingerprint density at radius 1 is 1.39 bits per heavy atom. The average Bonchev–Trinajstić information content (AvgIpc) is 3.07. The summed E-state index contributed by atoms with van der Waals surface area (Å²) in [6.45, 7) is 4.63. The average molecular weight is 398 g/mol. The van der Waals surface area contributed by atoms with Crippen molar-refractivity contribution in [1.82, 2.24) is 14.8 Å². The summed E-state index contributed by atoms with van der Waals surface area (Å²) in [5.41, 5.74) is 5.81. The molecule has 0 bridgehead atoms. The molecule has 5 rings (SSSR count). The normalized spacial score (nSPS) is 22.7. The molecule has 148 valence electrons. The number of benzene rings is 1. The molecule has 1 saturated heterocycles. The minimum atomic E-state index is 0.218. The van der Waals surface area contributed by atoms with Gasteiger partial charge in [-0.1, -0.05) is 12.1 Å². The molecule has 2 aromatic rings. The van der Waals surface area contributed by atoms with Crippen molar-refractivity contribution in [3.05, 3.63) is 45.9 Å². The Bertz CT molecular complexity index is 859. The van der Waals surface area contributed by atoms with Crippen LogP contribution in [0.2, 0.25) is 0 Å². The number of carbonyl (C=O) groups is 1. The van der Waals surface area contributed by atoms with Crippen molar-refractivity contribution < 1.29 is 9.53 Å². The van der Waals surface area contributed by atoms with E-state index in [-0.39, 0.29) is 11.3 Å². The van der Waals surface area contributed by atoms with Gasteiger partial charge >= 0.3 is 0 Å². The van der Waals surface area contributed by atoms with Crippen LogP contribution in [0.4, 0.5) is 0 Å². The minimum absolute atomic E-state index is 0.218.